The van der Waals surface area contributed by atoms with E-state index in [-0.39, 0.29) is 0 Å². The number of rotatable bonds is 3. The van der Waals surface area contributed by atoms with E-state index >= 15 is 0 Å². The van der Waals surface area contributed by atoms with Gasteiger partial charge in [0.2, 0.25) is 5.91 Å². The topological polar surface area (TPSA) is 81.6 Å². The van der Waals surface area contributed by atoms with Gasteiger partial charge in [-0.25, -0.2) is 0 Å². The molecule has 5 heteroatoms. The molecule has 1 aliphatic rings. The molecule has 0 saturated carbocycles. The summed E-state index contributed by atoms with van der Waals surface area (Å²) in [5.74, 6) is -0.428. The van der Waals surface area contributed by atoms with Gasteiger partial charge < -0.3 is 21.1 Å². The zero-order valence-corrected chi connectivity index (χ0v) is 10.6. The molecule has 0 aliphatic carbocycles. The second-order valence-corrected chi connectivity index (χ2v) is 4.56. The molecule has 0 bridgehead atoms. The fourth-order valence-corrected chi connectivity index (χ4v) is 2.30. The minimum absolute atomic E-state index is 0.321. The van der Waals surface area contributed by atoms with E-state index in [1.165, 1.54) is 0 Å². The Hall–Kier alpha value is -1.75. The van der Waals surface area contributed by atoms with Crippen LogP contribution in [0.25, 0.3) is 0 Å². The summed E-state index contributed by atoms with van der Waals surface area (Å²) < 4.78 is 5.34. The zero-order valence-electron chi connectivity index (χ0n) is 10.6. The van der Waals surface area contributed by atoms with Crippen LogP contribution in [0.1, 0.15) is 23.2 Å². The third-order valence-electron chi connectivity index (χ3n) is 3.43. The zero-order chi connectivity index (χ0) is 13.1. The van der Waals surface area contributed by atoms with Gasteiger partial charge >= 0.3 is 0 Å². The lowest BCUT2D eigenvalue weighted by molar-refractivity contribution is 0.0819. The van der Waals surface area contributed by atoms with Gasteiger partial charge in [0, 0.05) is 25.8 Å². The van der Waals surface area contributed by atoms with E-state index in [0.29, 0.717) is 17.4 Å². The number of benzene rings is 1. The highest BCUT2D eigenvalue weighted by molar-refractivity contribution is 5.95. The molecule has 0 unspecified atom stereocenters. The maximum atomic E-state index is 11.2. The molecular weight excluding hydrogens is 230 g/mol. The lowest BCUT2D eigenvalue weighted by Crippen LogP contribution is -2.37. The highest BCUT2D eigenvalue weighted by atomic mass is 16.5. The van der Waals surface area contributed by atoms with E-state index in [2.05, 4.69) is 4.90 Å². The van der Waals surface area contributed by atoms with Gasteiger partial charge in [-0.15, -0.1) is 0 Å². The molecule has 1 heterocycles. The molecule has 18 heavy (non-hydrogen) atoms. The second kappa shape index (κ2) is 5.27. The molecule has 98 valence electrons. The van der Waals surface area contributed by atoms with Crippen molar-refractivity contribution in [2.75, 3.05) is 30.8 Å². The first-order chi connectivity index (χ1) is 8.61. The first-order valence-corrected chi connectivity index (χ1v) is 6.09. The Kier molecular flexibility index (Phi) is 3.72. The van der Waals surface area contributed by atoms with E-state index in [1.807, 2.05) is 0 Å². The normalized spacial score (nSPS) is 16.8. The quantitative estimate of drug-likeness (QED) is 0.782. The van der Waals surface area contributed by atoms with Crippen LogP contribution in [-0.2, 0) is 4.74 Å². The summed E-state index contributed by atoms with van der Waals surface area (Å²) in [7, 11) is 1.74. The summed E-state index contributed by atoms with van der Waals surface area (Å²) in [6.07, 6.45) is 2.26. The number of methoxy groups -OCH3 is 1. The van der Waals surface area contributed by atoms with Gasteiger partial charge in [-0.1, -0.05) is 0 Å². The van der Waals surface area contributed by atoms with E-state index in [4.69, 9.17) is 16.2 Å². The third-order valence-corrected chi connectivity index (χ3v) is 3.43. The Bertz CT molecular complexity index is 440. The Morgan fingerprint density at radius 1 is 1.39 bits per heavy atom. The summed E-state index contributed by atoms with van der Waals surface area (Å²) in [5, 5.41) is 0. The summed E-state index contributed by atoms with van der Waals surface area (Å²) >= 11 is 0. The minimum Gasteiger partial charge on any atom is -0.397 e. The molecule has 0 radical (unpaired) electrons. The van der Waals surface area contributed by atoms with E-state index < -0.39 is 5.91 Å². The first kappa shape index (κ1) is 12.7. The van der Waals surface area contributed by atoms with Crippen molar-refractivity contribution in [1.29, 1.82) is 0 Å². The lowest BCUT2D eigenvalue weighted by Gasteiger charge is -2.33. The molecule has 0 spiro atoms. The van der Waals surface area contributed by atoms with Crippen molar-refractivity contribution in [3.05, 3.63) is 23.8 Å². The van der Waals surface area contributed by atoms with Crippen LogP contribution in [0.5, 0.6) is 0 Å². The van der Waals surface area contributed by atoms with Crippen LogP contribution in [0.15, 0.2) is 18.2 Å². The molecule has 1 aliphatic heterocycles. The molecule has 1 saturated heterocycles. The van der Waals surface area contributed by atoms with E-state index in [0.717, 1.165) is 31.6 Å². The van der Waals surface area contributed by atoms with Crippen LogP contribution in [0.3, 0.4) is 0 Å². The number of nitrogen functional groups attached to an aromatic ring is 1. The van der Waals surface area contributed by atoms with Gasteiger partial charge in [0.15, 0.2) is 0 Å². The van der Waals surface area contributed by atoms with Gasteiger partial charge in [0.05, 0.1) is 17.5 Å². The number of nitrogens with two attached hydrogens (primary N) is 2. The van der Waals surface area contributed by atoms with Crippen LogP contribution in [0, 0.1) is 0 Å². The molecular formula is C13H19N3O2. The van der Waals surface area contributed by atoms with Gasteiger partial charge in [-0.05, 0) is 31.0 Å². The minimum atomic E-state index is -0.428. The van der Waals surface area contributed by atoms with Crippen molar-refractivity contribution in [2.24, 2.45) is 5.73 Å². The number of nitrogens with zero attached hydrogens (tertiary/aromatic N) is 1. The van der Waals surface area contributed by atoms with Crippen LogP contribution >= 0.6 is 0 Å². The van der Waals surface area contributed by atoms with Crippen molar-refractivity contribution in [3.8, 4) is 0 Å². The molecule has 0 aromatic heterocycles. The van der Waals surface area contributed by atoms with Crippen LogP contribution in [0.2, 0.25) is 0 Å². The fraction of sp³-hybridized carbons (Fsp3) is 0.462. The SMILES string of the molecule is COC1CCN(c2cc(C(N)=O)ccc2N)CC1. The van der Waals surface area contributed by atoms with Crippen LogP contribution in [-0.4, -0.2) is 32.2 Å². The molecule has 5 nitrogen and oxygen atoms in total. The summed E-state index contributed by atoms with van der Waals surface area (Å²) in [5.41, 5.74) is 13.3. The summed E-state index contributed by atoms with van der Waals surface area (Å²) in [6, 6.07) is 5.16. The molecule has 1 aromatic rings. The fourth-order valence-electron chi connectivity index (χ4n) is 2.30. The number of primary amides is 1. The predicted octanol–water partition coefficient (Wildman–Crippen LogP) is 0.983. The predicted molar refractivity (Wildman–Crippen MR) is 71.6 cm³/mol. The monoisotopic (exact) mass is 249 g/mol. The molecule has 1 amide bonds. The molecule has 4 N–H and O–H groups in total. The van der Waals surface area contributed by atoms with Crippen molar-refractivity contribution >= 4 is 17.3 Å². The largest absolute Gasteiger partial charge is 0.397 e. The van der Waals surface area contributed by atoms with Gasteiger partial charge in [-0.3, -0.25) is 4.79 Å². The van der Waals surface area contributed by atoms with E-state index in [9.17, 15) is 4.79 Å². The maximum absolute atomic E-state index is 11.2. The Labute approximate surface area is 107 Å². The Morgan fingerprint density at radius 3 is 2.61 bits per heavy atom. The highest BCUT2D eigenvalue weighted by Gasteiger charge is 2.20. The number of ether oxygens (including phenoxy) is 1. The van der Waals surface area contributed by atoms with Crippen molar-refractivity contribution < 1.29 is 9.53 Å². The van der Waals surface area contributed by atoms with Crippen molar-refractivity contribution in [3.63, 3.8) is 0 Å². The smallest absolute Gasteiger partial charge is 0.248 e. The third kappa shape index (κ3) is 2.56. The molecule has 2 rings (SSSR count). The number of carbonyl (C=O) groups excluding carboxylic acids is 1. The molecule has 0 atom stereocenters. The average molecular weight is 249 g/mol. The standard InChI is InChI=1S/C13H19N3O2/c1-18-10-4-6-16(7-5-10)12-8-9(13(15)17)2-3-11(12)14/h2-3,8,10H,4-7,14H2,1H3,(H2,15,17). The highest BCUT2D eigenvalue weighted by Crippen LogP contribution is 2.27. The number of anilines is 2. The lowest BCUT2D eigenvalue weighted by atomic mass is 10.1. The van der Waals surface area contributed by atoms with E-state index in [1.54, 1.807) is 25.3 Å². The van der Waals surface area contributed by atoms with Gasteiger partial charge in [0.25, 0.3) is 0 Å². The van der Waals surface area contributed by atoms with Crippen molar-refractivity contribution in [1.82, 2.24) is 0 Å². The first-order valence-electron chi connectivity index (χ1n) is 6.09. The number of amides is 1. The number of hydrogen-bond acceptors (Lipinski definition) is 4. The molecule has 1 fully saturated rings. The Balaban J connectivity index is 2.18. The maximum Gasteiger partial charge on any atom is 0.248 e. The summed E-state index contributed by atoms with van der Waals surface area (Å²) in [4.78, 5) is 13.4. The summed E-state index contributed by atoms with van der Waals surface area (Å²) in [6.45, 7) is 1.76. The van der Waals surface area contributed by atoms with Gasteiger partial charge in [0.1, 0.15) is 0 Å². The number of hydrogen-bond donors (Lipinski definition) is 2. The molecule has 1 aromatic carbocycles. The number of carbonyl (C=O) groups is 1. The van der Waals surface area contributed by atoms with Crippen LogP contribution in [0.4, 0.5) is 11.4 Å². The number of piperidine rings is 1. The Morgan fingerprint density at radius 2 is 2.06 bits per heavy atom. The van der Waals surface area contributed by atoms with Crippen LogP contribution < -0.4 is 16.4 Å². The van der Waals surface area contributed by atoms with Gasteiger partial charge in [-0.2, -0.15) is 0 Å². The van der Waals surface area contributed by atoms with Crippen molar-refractivity contribution in [2.45, 2.75) is 18.9 Å². The average Bonchev–Trinajstić information content (AvgIpc) is 2.39. The second-order valence-electron chi connectivity index (χ2n) is 4.56.